The molecule has 0 radical (unpaired) electrons. The fraction of sp³-hybridized carbons (Fsp3) is 0.286. The molecule has 1 N–H and O–H groups in total. The first-order valence-electron chi connectivity index (χ1n) is 12.4. The topological polar surface area (TPSA) is 86.8 Å². The van der Waals surface area contributed by atoms with Crippen LogP contribution in [0, 0.1) is 0 Å². The molecule has 0 bridgehead atoms. The van der Waals surface area contributed by atoms with E-state index < -0.39 is 46.2 Å². The lowest BCUT2D eigenvalue weighted by Gasteiger charge is -2.32. The number of benzene rings is 3. The third kappa shape index (κ3) is 8.15. The van der Waals surface area contributed by atoms with E-state index in [1.807, 2.05) is 0 Å². The Morgan fingerprint density at radius 2 is 1.59 bits per heavy atom. The number of hydrogen-bond donors (Lipinski definition) is 1. The van der Waals surface area contributed by atoms with Gasteiger partial charge in [0, 0.05) is 22.6 Å². The normalized spacial score (nSPS) is 12.6. The largest absolute Gasteiger partial charge is 0.416 e. The second-order valence-corrected chi connectivity index (χ2v) is 12.2. The number of nitrogens with one attached hydrogen (secondary N) is 1. The van der Waals surface area contributed by atoms with Crippen LogP contribution in [0.2, 0.25) is 10.0 Å². The van der Waals surface area contributed by atoms with E-state index in [-0.39, 0.29) is 28.2 Å². The van der Waals surface area contributed by atoms with Gasteiger partial charge in [-0.25, -0.2) is 8.42 Å². The molecular formula is C28H28Cl2F3N3O4S. The first kappa shape index (κ1) is 32.2. The Morgan fingerprint density at radius 1 is 0.927 bits per heavy atom. The van der Waals surface area contributed by atoms with Crippen LogP contribution in [0.15, 0.2) is 77.7 Å². The SMILES string of the molecule is CC(C)NC(=O)[C@@H](C)N(Cc1ccc(Cl)cc1Cl)C(=O)CN(c1cccc(C(F)(F)F)c1)S(=O)(=O)c1ccccc1. The zero-order valence-electron chi connectivity index (χ0n) is 22.3. The van der Waals surface area contributed by atoms with E-state index in [0.29, 0.717) is 21.0 Å². The fourth-order valence-electron chi connectivity index (χ4n) is 3.91. The van der Waals surface area contributed by atoms with Crippen LogP contribution in [-0.2, 0) is 32.3 Å². The second kappa shape index (κ2) is 13.1. The zero-order valence-corrected chi connectivity index (χ0v) is 24.7. The maximum absolute atomic E-state index is 13.8. The average molecular weight is 631 g/mol. The van der Waals surface area contributed by atoms with Crippen molar-refractivity contribution in [2.75, 3.05) is 10.8 Å². The Morgan fingerprint density at radius 3 is 2.17 bits per heavy atom. The molecule has 3 aromatic carbocycles. The molecule has 13 heteroatoms. The molecule has 3 aromatic rings. The minimum absolute atomic E-state index is 0.205. The number of alkyl halides is 3. The number of sulfonamides is 1. The van der Waals surface area contributed by atoms with E-state index in [1.54, 1.807) is 32.0 Å². The number of rotatable bonds is 10. The molecule has 1 atom stereocenters. The highest BCUT2D eigenvalue weighted by Crippen LogP contribution is 2.33. The molecular weight excluding hydrogens is 602 g/mol. The molecule has 220 valence electrons. The molecule has 0 aliphatic carbocycles. The monoisotopic (exact) mass is 629 g/mol. The van der Waals surface area contributed by atoms with Crippen molar-refractivity contribution in [2.45, 2.75) is 50.5 Å². The summed E-state index contributed by atoms with van der Waals surface area (Å²) in [5.74, 6) is -1.37. The maximum Gasteiger partial charge on any atom is 0.416 e. The van der Waals surface area contributed by atoms with Crippen LogP contribution in [0.3, 0.4) is 0 Å². The predicted octanol–water partition coefficient (Wildman–Crippen LogP) is 6.15. The molecule has 2 amide bonds. The van der Waals surface area contributed by atoms with E-state index >= 15 is 0 Å². The van der Waals surface area contributed by atoms with E-state index in [4.69, 9.17) is 23.2 Å². The van der Waals surface area contributed by atoms with Crippen LogP contribution in [0.1, 0.15) is 31.9 Å². The number of halogens is 5. The smallest absolute Gasteiger partial charge is 0.352 e. The minimum atomic E-state index is -4.76. The van der Waals surface area contributed by atoms with Crippen molar-refractivity contribution in [1.82, 2.24) is 10.2 Å². The highest BCUT2D eigenvalue weighted by Gasteiger charge is 2.35. The molecule has 0 fully saturated rings. The summed E-state index contributed by atoms with van der Waals surface area (Å²) in [6.07, 6.45) is -4.76. The van der Waals surface area contributed by atoms with E-state index in [9.17, 15) is 31.2 Å². The van der Waals surface area contributed by atoms with E-state index in [2.05, 4.69) is 5.32 Å². The van der Waals surface area contributed by atoms with Gasteiger partial charge >= 0.3 is 6.18 Å². The van der Waals surface area contributed by atoms with Crippen molar-refractivity contribution in [2.24, 2.45) is 0 Å². The first-order valence-corrected chi connectivity index (χ1v) is 14.6. The highest BCUT2D eigenvalue weighted by atomic mass is 35.5. The van der Waals surface area contributed by atoms with Crippen molar-refractivity contribution >= 4 is 50.7 Å². The number of hydrogen-bond acceptors (Lipinski definition) is 4. The van der Waals surface area contributed by atoms with Gasteiger partial charge in [-0.05, 0) is 68.8 Å². The molecule has 3 rings (SSSR count). The van der Waals surface area contributed by atoms with Gasteiger partial charge in [-0.15, -0.1) is 0 Å². The van der Waals surface area contributed by atoms with Gasteiger partial charge in [0.05, 0.1) is 16.1 Å². The zero-order chi connectivity index (χ0) is 30.5. The summed E-state index contributed by atoms with van der Waals surface area (Å²) in [4.78, 5) is 27.7. The molecule has 0 aliphatic heterocycles. The van der Waals surface area contributed by atoms with Crippen LogP contribution >= 0.6 is 23.2 Å². The Labute approximate surface area is 246 Å². The molecule has 0 saturated carbocycles. The number of anilines is 1. The van der Waals surface area contributed by atoms with Gasteiger partial charge in [-0.1, -0.05) is 53.5 Å². The van der Waals surface area contributed by atoms with Crippen LogP contribution in [0.4, 0.5) is 18.9 Å². The van der Waals surface area contributed by atoms with Gasteiger partial charge in [0.2, 0.25) is 11.8 Å². The Bertz CT molecular complexity index is 1500. The van der Waals surface area contributed by atoms with Crippen molar-refractivity contribution in [3.05, 3.63) is 94.0 Å². The molecule has 7 nitrogen and oxygen atoms in total. The van der Waals surface area contributed by atoms with Crippen LogP contribution in [-0.4, -0.2) is 43.8 Å². The lowest BCUT2D eigenvalue weighted by molar-refractivity contribution is -0.139. The van der Waals surface area contributed by atoms with Crippen LogP contribution in [0.5, 0.6) is 0 Å². The quantitative estimate of drug-likeness (QED) is 0.291. The standard InChI is InChI=1S/C28H28Cl2F3N3O4S/c1-18(2)34-27(38)19(3)35(16-20-12-13-22(29)15-25(20)30)26(37)17-36(41(39,40)24-10-5-4-6-11-24)23-9-7-8-21(14-23)28(31,32)33/h4-15,18-19H,16-17H2,1-3H3,(H,34,38)/t19-/m1/s1. The van der Waals surface area contributed by atoms with E-state index in [1.165, 1.54) is 37.3 Å². The summed E-state index contributed by atoms with van der Waals surface area (Å²) in [6.45, 7) is 3.81. The number of amides is 2. The van der Waals surface area contributed by atoms with Crippen molar-refractivity contribution in [3.63, 3.8) is 0 Å². The summed E-state index contributed by atoms with van der Waals surface area (Å²) in [5.41, 5.74) is -1.05. The molecule has 41 heavy (non-hydrogen) atoms. The molecule has 0 heterocycles. The van der Waals surface area contributed by atoms with Crippen molar-refractivity contribution in [1.29, 1.82) is 0 Å². The summed E-state index contributed by atoms with van der Waals surface area (Å²) in [6, 6.07) is 13.9. The Balaban J connectivity index is 2.10. The van der Waals surface area contributed by atoms with Crippen LogP contribution < -0.4 is 9.62 Å². The van der Waals surface area contributed by atoms with Gasteiger partial charge in [0.1, 0.15) is 12.6 Å². The Hall–Kier alpha value is -3.28. The molecule has 0 aliphatic rings. The van der Waals surface area contributed by atoms with Gasteiger partial charge in [-0.2, -0.15) is 13.2 Å². The van der Waals surface area contributed by atoms with Gasteiger partial charge in [-0.3, -0.25) is 13.9 Å². The number of nitrogens with zero attached hydrogens (tertiary/aromatic N) is 2. The lowest BCUT2D eigenvalue weighted by Crippen LogP contribution is -2.52. The summed E-state index contributed by atoms with van der Waals surface area (Å²) >= 11 is 12.3. The molecule has 0 saturated heterocycles. The van der Waals surface area contributed by atoms with Gasteiger partial charge < -0.3 is 10.2 Å². The number of carbonyl (C=O) groups excluding carboxylic acids is 2. The fourth-order valence-corrected chi connectivity index (χ4v) is 5.80. The third-order valence-corrected chi connectivity index (χ3v) is 8.40. The summed E-state index contributed by atoms with van der Waals surface area (Å²) in [5, 5.41) is 3.26. The van der Waals surface area contributed by atoms with E-state index in [0.717, 1.165) is 23.1 Å². The first-order chi connectivity index (χ1) is 19.1. The van der Waals surface area contributed by atoms with Crippen molar-refractivity contribution in [3.8, 4) is 0 Å². The number of carbonyl (C=O) groups is 2. The summed E-state index contributed by atoms with van der Waals surface area (Å²) in [7, 11) is -4.52. The third-order valence-electron chi connectivity index (χ3n) is 6.03. The highest BCUT2D eigenvalue weighted by molar-refractivity contribution is 7.92. The lowest BCUT2D eigenvalue weighted by atomic mass is 10.1. The molecule has 0 aromatic heterocycles. The Kier molecular flexibility index (Phi) is 10.3. The molecule has 0 spiro atoms. The van der Waals surface area contributed by atoms with Gasteiger partial charge in [0.15, 0.2) is 0 Å². The van der Waals surface area contributed by atoms with Gasteiger partial charge in [0.25, 0.3) is 10.0 Å². The molecule has 0 unspecified atom stereocenters. The predicted molar refractivity (Wildman–Crippen MR) is 152 cm³/mol. The summed E-state index contributed by atoms with van der Waals surface area (Å²) < 4.78 is 68.6. The van der Waals surface area contributed by atoms with Crippen molar-refractivity contribution < 1.29 is 31.2 Å². The maximum atomic E-state index is 13.8. The minimum Gasteiger partial charge on any atom is -0.352 e. The van der Waals surface area contributed by atoms with Crippen LogP contribution in [0.25, 0.3) is 0 Å². The second-order valence-electron chi connectivity index (χ2n) is 9.47. The average Bonchev–Trinajstić information content (AvgIpc) is 2.90.